The second-order valence-electron chi connectivity index (χ2n) is 8.25. The highest BCUT2D eigenvalue weighted by atomic mass is 31.2. The standard InChI is InChI=1S/C28H50NO5P/c1-4-6-7-8-9-10-11-12-13-14-15-16-17-18-19-20-21-23-28(30)32-25-22-26-33-35(31,5-2)34-27-24-29-3/h9-10,12-13,15-16,18-19,29H,4-8,11,14,17,20-27H2,1-3H3/b10-9-,13-12-,16-15-,19-18-. The minimum atomic E-state index is -3.04. The van der Waals surface area contributed by atoms with Crippen LogP contribution in [-0.4, -0.2) is 45.5 Å². The zero-order valence-corrected chi connectivity index (χ0v) is 23.3. The van der Waals surface area contributed by atoms with Crippen LogP contribution in [0.2, 0.25) is 0 Å². The molecule has 1 unspecified atom stereocenters. The lowest BCUT2D eigenvalue weighted by atomic mass is 10.2. The van der Waals surface area contributed by atoms with Crippen LogP contribution in [0.25, 0.3) is 0 Å². The van der Waals surface area contributed by atoms with E-state index >= 15 is 0 Å². The van der Waals surface area contributed by atoms with Gasteiger partial charge in [-0.15, -0.1) is 0 Å². The highest BCUT2D eigenvalue weighted by Gasteiger charge is 2.21. The van der Waals surface area contributed by atoms with Crippen molar-refractivity contribution in [3.05, 3.63) is 48.6 Å². The fraction of sp³-hybridized carbons (Fsp3) is 0.679. The molecule has 0 aromatic heterocycles. The molecule has 0 rings (SSSR count). The molecule has 6 nitrogen and oxygen atoms in total. The smallest absolute Gasteiger partial charge is 0.330 e. The number of hydrogen-bond donors (Lipinski definition) is 1. The maximum Gasteiger partial charge on any atom is 0.330 e. The number of nitrogens with one attached hydrogen (secondary N) is 1. The summed E-state index contributed by atoms with van der Waals surface area (Å²) in [4.78, 5) is 11.8. The van der Waals surface area contributed by atoms with Crippen molar-refractivity contribution in [1.82, 2.24) is 5.32 Å². The molecule has 0 bridgehead atoms. The number of carbonyl (C=O) groups excluding carboxylic acids is 1. The minimum Gasteiger partial charge on any atom is -0.466 e. The van der Waals surface area contributed by atoms with Gasteiger partial charge < -0.3 is 19.1 Å². The number of allylic oxidation sites excluding steroid dienone is 8. The summed E-state index contributed by atoms with van der Waals surface area (Å²) in [6.45, 7) is 5.49. The van der Waals surface area contributed by atoms with Crippen LogP contribution in [0.15, 0.2) is 48.6 Å². The van der Waals surface area contributed by atoms with Crippen LogP contribution in [0, 0.1) is 0 Å². The molecule has 0 heterocycles. The Labute approximate surface area is 214 Å². The van der Waals surface area contributed by atoms with Gasteiger partial charge in [-0.2, -0.15) is 0 Å². The van der Waals surface area contributed by atoms with E-state index in [4.69, 9.17) is 13.8 Å². The van der Waals surface area contributed by atoms with E-state index in [0.29, 0.717) is 32.2 Å². The summed E-state index contributed by atoms with van der Waals surface area (Å²) < 4.78 is 28.3. The van der Waals surface area contributed by atoms with Crippen LogP contribution in [0.4, 0.5) is 0 Å². The van der Waals surface area contributed by atoms with Crippen molar-refractivity contribution >= 4 is 13.6 Å². The van der Waals surface area contributed by atoms with Gasteiger partial charge in [-0.25, -0.2) is 0 Å². The summed E-state index contributed by atoms with van der Waals surface area (Å²) in [6, 6.07) is 0. The van der Waals surface area contributed by atoms with Gasteiger partial charge >= 0.3 is 13.6 Å². The Morgan fingerprint density at radius 1 is 0.743 bits per heavy atom. The number of unbranched alkanes of at least 4 members (excludes halogenated alkanes) is 4. The van der Waals surface area contributed by atoms with Gasteiger partial charge in [0, 0.05) is 25.5 Å². The molecular formula is C28H50NO5P. The average Bonchev–Trinajstić information content (AvgIpc) is 2.86. The summed E-state index contributed by atoms with van der Waals surface area (Å²) in [6.07, 6.45) is 28.4. The largest absolute Gasteiger partial charge is 0.466 e. The van der Waals surface area contributed by atoms with Gasteiger partial charge in [0.15, 0.2) is 0 Å². The third kappa shape index (κ3) is 24.0. The zero-order valence-electron chi connectivity index (χ0n) is 22.4. The van der Waals surface area contributed by atoms with Gasteiger partial charge in [-0.3, -0.25) is 9.36 Å². The van der Waals surface area contributed by atoms with Crippen molar-refractivity contribution in [2.45, 2.75) is 84.5 Å². The third-order valence-corrected chi connectivity index (χ3v) is 7.00. The summed E-state index contributed by atoms with van der Waals surface area (Å²) in [5.41, 5.74) is 0. The first-order valence-corrected chi connectivity index (χ1v) is 15.1. The predicted molar refractivity (Wildman–Crippen MR) is 148 cm³/mol. The van der Waals surface area contributed by atoms with E-state index in [2.05, 4.69) is 60.8 Å². The van der Waals surface area contributed by atoms with E-state index in [1.165, 1.54) is 25.7 Å². The number of likely N-dealkylation sites (N-methyl/N-ethyl adjacent to an activating group) is 1. The summed E-state index contributed by atoms with van der Waals surface area (Å²) in [5, 5.41) is 2.93. The van der Waals surface area contributed by atoms with Crippen molar-refractivity contribution in [3.8, 4) is 0 Å². The van der Waals surface area contributed by atoms with Gasteiger partial charge in [0.05, 0.1) is 19.8 Å². The molecule has 0 aliphatic carbocycles. The molecule has 0 fully saturated rings. The Morgan fingerprint density at radius 3 is 1.89 bits per heavy atom. The van der Waals surface area contributed by atoms with Crippen LogP contribution < -0.4 is 5.32 Å². The van der Waals surface area contributed by atoms with E-state index < -0.39 is 7.60 Å². The first kappa shape index (κ1) is 33.5. The summed E-state index contributed by atoms with van der Waals surface area (Å²) in [5.74, 6) is -0.204. The number of carbonyl (C=O) groups is 1. The molecule has 0 aliphatic heterocycles. The fourth-order valence-electron chi connectivity index (χ4n) is 2.95. The molecule has 0 amide bonds. The lowest BCUT2D eigenvalue weighted by Gasteiger charge is -2.16. The maximum atomic E-state index is 12.3. The molecule has 0 saturated heterocycles. The number of ether oxygens (including phenoxy) is 1. The van der Waals surface area contributed by atoms with E-state index in [-0.39, 0.29) is 19.2 Å². The van der Waals surface area contributed by atoms with Crippen molar-refractivity contribution in [3.63, 3.8) is 0 Å². The molecule has 0 saturated carbocycles. The lowest BCUT2D eigenvalue weighted by molar-refractivity contribution is -0.143. The zero-order chi connectivity index (χ0) is 25.9. The molecule has 0 aromatic carbocycles. The SMILES string of the molecule is CCCCC/C=C\C/C=C\C/C=C\C/C=C\CCCC(=O)OCCCOP(=O)(CC)OCCNC. The fourth-order valence-corrected chi connectivity index (χ4v) is 4.17. The van der Waals surface area contributed by atoms with Gasteiger partial charge in [-0.05, 0) is 52.0 Å². The maximum absolute atomic E-state index is 12.3. The van der Waals surface area contributed by atoms with Gasteiger partial charge in [0.25, 0.3) is 0 Å². The molecule has 0 spiro atoms. The minimum absolute atomic E-state index is 0.204. The second kappa shape index (κ2) is 25.6. The Morgan fingerprint density at radius 2 is 1.31 bits per heavy atom. The first-order chi connectivity index (χ1) is 17.1. The monoisotopic (exact) mass is 511 g/mol. The van der Waals surface area contributed by atoms with Gasteiger partial charge in [-0.1, -0.05) is 75.3 Å². The quantitative estimate of drug-likeness (QED) is 0.0625. The van der Waals surface area contributed by atoms with Gasteiger partial charge in [0.1, 0.15) is 0 Å². The molecule has 0 aromatic rings. The molecule has 7 heteroatoms. The molecule has 0 aliphatic rings. The normalized spacial score (nSPS) is 14.0. The van der Waals surface area contributed by atoms with E-state index in [9.17, 15) is 9.36 Å². The lowest BCUT2D eigenvalue weighted by Crippen LogP contribution is -2.14. The number of esters is 1. The third-order valence-electron chi connectivity index (χ3n) is 5.08. The van der Waals surface area contributed by atoms with Crippen molar-refractivity contribution in [2.75, 3.05) is 39.6 Å². The van der Waals surface area contributed by atoms with Crippen LogP contribution in [-0.2, 0) is 23.1 Å². The Balaban J connectivity index is 3.64. The van der Waals surface area contributed by atoms with Crippen LogP contribution in [0.5, 0.6) is 0 Å². The molecule has 202 valence electrons. The highest BCUT2D eigenvalue weighted by Crippen LogP contribution is 2.47. The molecule has 1 N–H and O–H groups in total. The predicted octanol–water partition coefficient (Wildman–Crippen LogP) is 7.53. The summed E-state index contributed by atoms with van der Waals surface area (Å²) in [7, 11) is -1.24. The average molecular weight is 512 g/mol. The van der Waals surface area contributed by atoms with Crippen LogP contribution in [0.3, 0.4) is 0 Å². The number of rotatable bonds is 24. The first-order valence-electron chi connectivity index (χ1n) is 13.4. The Hall–Kier alpha value is -1.46. The molecule has 35 heavy (non-hydrogen) atoms. The Kier molecular flexibility index (Phi) is 24.6. The number of hydrogen-bond acceptors (Lipinski definition) is 6. The second-order valence-corrected chi connectivity index (χ2v) is 10.6. The van der Waals surface area contributed by atoms with Crippen LogP contribution in [0.1, 0.15) is 84.5 Å². The summed E-state index contributed by atoms with van der Waals surface area (Å²) >= 11 is 0. The van der Waals surface area contributed by atoms with Gasteiger partial charge in [0.2, 0.25) is 0 Å². The van der Waals surface area contributed by atoms with E-state index in [0.717, 1.165) is 32.1 Å². The van der Waals surface area contributed by atoms with E-state index in [1.54, 1.807) is 14.0 Å². The molecule has 1 atom stereocenters. The highest BCUT2D eigenvalue weighted by molar-refractivity contribution is 7.53. The van der Waals surface area contributed by atoms with Crippen molar-refractivity contribution in [1.29, 1.82) is 0 Å². The van der Waals surface area contributed by atoms with Crippen LogP contribution >= 0.6 is 7.60 Å². The van der Waals surface area contributed by atoms with Crippen molar-refractivity contribution < 1.29 is 23.1 Å². The van der Waals surface area contributed by atoms with E-state index in [1.807, 2.05) is 0 Å². The van der Waals surface area contributed by atoms with Crippen molar-refractivity contribution in [2.24, 2.45) is 0 Å². The Bertz CT molecular complexity index is 658. The topological polar surface area (TPSA) is 73.9 Å². The molecular weight excluding hydrogens is 461 g/mol. The molecule has 0 radical (unpaired) electrons.